The van der Waals surface area contributed by atoms with Crippen molar-refractivity contribution in [3.63, 3.8) is 0 Å². The molecule has 0 atom stereocenters. The van der Waals surface area contributed by atoms with Crippen molar-refractivity contribution in [2.45, 2.75) is 13.5 Å². The molecule has 0 aliphatic heterocycles. The summed E-state index contributed by atoms with van der Waals surface area (Å²) in [6.07, 6.45) is 0. The van der Waals surface area contributed by atoms with Crippen LogP contribution < -0.4 is 10.6 Å². The molecule has 0 aliphatic carbocycles. The summed E-state index contributed by atoms with van der Waals surface area (Å²) in [7, 11) is 0. The Morgan fingerprint density at radius 3 is 2.27 bits per heavy atom. The normalized spacial score (nSPS) is 10.2. The highest BCUT2D eigenvalue weighted by atomic mass is 32.1. The molecule has 0 amide bonds. The van der Waals surface area contributed by atoms with Crippen LogP contribution in [0.2, 0.25) is 0 Å². The van der Waals surface area contributed by atoms with E-state index in [0.29, 0.717) is 28.5 Å². The van der Waals surface area contributed by atoms with Crippen molar-refractivity contribution in [1.29, 1.82) is 0 Å². The SMILES string of the molecule is Cc1ccc(C(=O)c2ccccc2NC(=S)NCc2ccccc2)cc1. The third-order valence-corrected chi connectivity index (χ3v) is 4.28. The average molecular weight is 360 g/mol. The molecule has 3 rings (SSSR count). The predicted molar refractivity (Wildman–Crippen MR) is 111 cm³/mol. The molecule has 0 radical (unpaired) electrons. The fourth-order valence-corrected chi connectivity index (χ4v) is 2.78. The van der Waals surface area contributed by atoms with Crippen molar-refractivity contribution in [3.8, 4) is 0 Å². The zero-order valence-electron chi connectivity index (χ0n) is 14.5. The fraction of sp³-hybridized carbons (Fsp3) is 0.0909. The van der Waals surface area contributed by atoms with Crippen LogP contribution in [-0.4, -0.2) is 10.9 Å². The second kappa shape index (κ2) is 8.41. The lowest BCUT2D eigenvalue weighted by Crippen LogP contribution is -2.28. The number of rotatable bonds is 5. The Hall–Kier alpha value is -2.98. The number of benzene rings is 3. The molecule has 0 heterocycles. The molecule has 26 heavy (non-hydrogen) atoms. The van der Waals surface area contributed by atoms with Crippen LogP contribution in [-0.2, 0) is 6.54 Å². The minimum Gasteiger partial charge on any atom is -0.358 e. The number of thiocarbonyl (C=S) groups is 1. The van der Waals surface area contributed by atoms with Gasteiger partial charge in [-0.05, 0) is 36.8 Å². The monoisotopic (exact) mass is 360 g/mol. The van der Waals surface area contributed by atoms with Gasteiger partial charge < -0.3 is 10.6 Å². The number of nitrogens with one attached hydrogen (secondary N) is 2. The molecule has 2 N–H and O–H groups in total. The first-order valence-electron chi connectivity index (χ1n) is 8.42. The predicted octanol–water partition coefficient (Wildman–Crippen LogP) is 4.71. The number of para-hydroxylation sites is 1. The number of ketones is 1. The minimum atomic E-state index is -0.0287. The summed E-state index contributed by atoms with van der Waals surface area (Å²) in [5.41, 5.74) is 4.22. The summed E-state index contributed by atoms with van der Waals surface area (Å²) in [5.74, 6) is -0.0287. The highest BCUT2D eigenvalue weighted by Crippen LogP contribution is 2.19. The first-order valence-corrected chi connectivity index (χ1v) is 8.83. The van der Waals surface area contributed by atoms with Gasteiger partial charge in [0.25, 0.3) is 0 Å². The summed E-state index contributed by atoms with van der Waals surface area (Å²) in [4.78, 5) is 12.8. The molecule has 0 spiro atoms. The second-order valence-electron chi connectivity index (χ2n) is 6.03. The van der Waals surface area contributed by atoms with Gasteiger partial charge in [-0.25, -0.2) is 0 Å². The van der Waals surface area contributed by atoms with Crippen LogP contribution >= 0.6 is 12.2 Å². The van der Waals surface area contributed by atoms with E-state index >= 15 is 0 Å². The van der Waals surface area contributed by atoms with Gasteiger partial charge in [0.15, 0.2) is 10.9 Å². The Kier molecular flexibility index (Phi) is 5.77. The van der Waals surface area contributed by atoms with Crippen molar-refractivity contribution >= 4 is 28.8 Å². The Morgan fingerprint density at radius 1 is 0.885 bits per heavy atom. The number of carbonyl (C=O) groups excluding carboxylic acids is 1. The number of aryl methyl sites for hydroxylation is 1. The van der Waals surface area contributed by atoms with Gasteiger partial charge >= 0.3 is 0 Å². The van der Waals surface area contributed by atoms with Crippen LogP contribution in [0.1, 0.15) is 27.0 Å². The topological polar surface area (TPSA) is 41.1 Å². The first-order chi connectivity index (χ1) is 12.6. The minimum absolute atomic E-state index is 0.0287. The Bertz CT molecular complexity index is 905. The molecule has 4 heteroatoms. The maximum atomic E-state index is 12.8. The highest BCUT2D eigenvalue weighted by Gasteiger charge is 2.13. The van der Waals surface area contributed by atoms with Gasteiger partial charge in [0, 0.05) is 17.7 Å². The van der Waals surface area contributed by atoms with Crippen LogP contribution in [0, 0.1) is 6.92 Å². The Morgan fingerprint density at radius 2 is 1.54 bits per heavy atom. The Labute approximate surface area is 159 Å². The summed E-state index contributed by atoms with van der Waals surface area (Å²) in [6.45, 7) is 2.63. The molecule has 0 saturated heterocycles. The van der Waals surface area contributed by atoms with Crippen LogP contribution in [0.15, 0.2) is 78.9 Å². The third kappa shape index (κ3) is 4.55. The molecule has 3 nitrogen and oxygen atoms in total. The zero-order valence-corrected chi connectivity index (χ0v) is 15.3. The summed E-state index contributed by atoms with van der Waals surface area (Å²) in [6, 6.07) is 25.0. The molecule has 3 aromatic carbocycles. The van der Waals surface area contributed by atoms with Crippen LogP contribution in [0.3, 0.4) is 0 Å². The Balaban J connectivity index is 1.71. The molecule has 130 valence electrons. The molecular formula is C22H20N2OS. The highest BCUT2D eigenvalue weighted by molar-refractivity contribution is 7.80. The van der Waals surface area contributed by atoms with Crippen molar-refractivity contribution in [1.82, 2.24) is 5.32 Å². The van der Waals surface area contributed by atoms with E-state index in [-0.39, 0.29) is 5.78 Å². The van der Waals surface area contributed by atoms with E-state index in [9.17, 15) is 4.79 Å². The quantitative estimate of drug-likeness (QED) is 0.511. The van der Waals surface area contributed by atoms with E-state index in [1.54, 1.807) is 0 Å². The third-order valence-electron chi connectivity index (χ3n) is 4.03. The van der Waals surface area contributed by atoms with E-state index in [0.717, 1.165) is 11.1 Å². The van der Waals surface area contributed by atoms with Gasteiger partial charge in [-0.3, -0.25) is 4.79 Å². The number of anilines is 1. The second-order valence-corrected chi connectivity index (χ2v) is 6.44. The summed E-state index contributed by atoms with van der Waals surface area (Å²) < 4.78 is 0. The molecule has 0 fully saturated rings. The number of hydrogen-bond acceptors (Lipinski definition) is 2. The maximum absolute atomic E-state index is 12.8. The van der Waals surface area contributed by atoms with Crippen molar-refractivity contribution in [2.75, 3.05) is 5.32 Å². The molecule has 0 saturated carbocycles. The van der Waals surface area contributed by atoms with Gasteiger partial charge in [-0.15, -0.1) is 0 Å². The number of hydrogen-bond donors (Lipinski definition) is 2. The standard InChI is InChI=1S/C22H20N2OS/c1-16-11-13-18(14-12-16)21(25)19-9-5-6-10-20(19)24-22(26)23-15-17-7-3-2-4-8-17/h2-14H,15H2,1H3,(H2,23,24,26). The average Bonchev–Trinajstić information content (AvgIpc) is 2.68. The number of carbonyl (C=O) groups is 1. The van der Waals surface area contributed by atoms with E-state index < -0.39 is 0 Å². The molecule has 0 aliphatic rings. The van der Waals surface area contributed by atoms with Crippen molar-refractivity contribution < 1.29 is 4.79 Å². The van der Waals surface area contributed by atoms with Gasteiger partial charge in [-0.1, -0.05) is 72.3 Å². The zero-order chi connectivity index (χ0) is 18.4. The largest absolute Gasteiger partial charge is 0.358 e. The van der Waals surface area contributed by atoms with E-state index in [2.05, 4.69) is 10.6 Å². The fourth-order valence-electron chi connectivity index (χ4n) is 2.60. The maximum Gasteiger partial charge on any atom is 0.195 e. The van der Waals surface area contributed by atoms with E-state index in [1.165, 1.54) is 0 Å². The van der Waals surface area contributed by atoms with Crippen molar-refractivity contribution in [3.05, 3.63) is 101 Å². The van der Waals surface area contributed by atoms with Gasteiger partial charge in [0.05, 0.1) is 5.69 Å². The van der Waals surface area contributed by atoms with Gasteiger partial charge in [0.2, 0.25) is 0 Å². The lowest BCUT2D eigenvalue weighted by molar-refractivity contribution is 0.103. The van der Waals surface area contributed by atoms with E-state index in [1.807, 2.05) is 85.8 Å². The smallest absolute Gasteiger partial charge is 0.195 e. The lowest BCUT2D eigenvalue weighted by atomic mass is 10.0. The molecular weight excluding hydrogens is 340 g/mol. The van der Waals surface area contributed by atoms with Gasteiger partial charge in [0.1, 0.15) is 0 Å². The summed E-state index contributed by atoms with van der Waals surface area (Å²) in [5, 5.41) is 6.80. The molecule has 0 aromatic heterocycles. The van der Waals surface area contributed by atoms with Crippen molar-refractivity contribution in [2.24, 2.45) is 0 Å². The van der Waals surface area contributed by atoms with Crippen LogP contribution in [0.5, 0.6) is 0 Å². The lowest BCUT2D eigenvalue weighted by Gasteiger charge is -2.14. The molecule has 0 unspecified atom stereocenters. The first kappa shape index (κ1) is 17.8. The summed E-state index contributed by atoms with van der Waals surface area (Å²) >= 11 is 5.38. The van der Waals surface area contributed by atoms with E-state index in [4.69, 9.17) is 12.2 Å². The van der Waals surface area contributed by atoms with Gasteiger partial charge in [-0.2, -0.15) is 0 Å². The molecule has 3 aromatic rings. The van der Waals surface area contributed by atoms with Crippen LogP contribution in [0.25, 0.3) is 0 Å². The molecule has 0 bridgehead atoms. The van der Waals surface area contributed by atoms with Crippen LogP contribution in [0.4, 0.5) is 5.69 Å².